The van der Waals surface area contributed by atoms with Crippen molar-refractivity contribution in [1.82, 2.24) is 19.8 Å². The van der Waals surface area contributed by atoms with Gasteiger partial charge in [0.1, 0.15) is 0 Å². The molecular weight excluding hydrogens is 284 g/mol. The Balaban J connectivity index is 2.66. The van der Waals surface area contributed by atoms with E-state index < -0.39 is 11.5 Å². The highest BCUT2D eigenvalue weighted by Gasteiger charge is 2.07. The fourth-order valence-electron chi connectivity index (χ4n) is 1.27. The van der Waals surface area contributed by atoms with Gasteiger partial charge < -0.3 is 19.9 Å². The van der Waals surface area contributed by atoms with Gasteiger partial charge in [-0.05, 0) is 0 Å². The maximum Gasteiger partial charge on any atom is 0.316 e. The lowest BCUT2D eigenvalue weighted by Crippen LogP contribution is -2.36. The van der Waals surface area contributed by atoms with Gasteiger partial charge >= 0.3 is 12.0 Å². The van der Waals surface area contributed by atoms with Gasteiger partial charge in [-0.25, -0.2) is 4.79 Å². The minimum Gasteiger partial charge on any atom is -0.481 e. The third-order valence-electron chi connectivity index (χ3n) is 2.21. The van der Waals surface area contributed by atoms with Gasteiger partial charge in [0.25, 0.3) is 5.56 Å². The van der Waals surface area contributed by atoms with Crippen molar-refractivity contribution in [3.05, 3.63) is 22.6 Å². The van der Waals surface area contributed by atoms with E-state index in [0.29, 0.717) is 18.2 Å². The van der Waals surface area contributed by atoms with Gasteiger partial charge in [0.15, 0.2) is 5.16 Å². The first kappa shape index (κ1) is 16.0. The van der Waals surface area contributed by atoms with Crippen LogP contribution in [0.25, 0.3) is 0 Å². The van der Waals surface area contributed by atoms with Crippen LogP contribution in [0.5, 0.6) is 0 Å². The molecule has 9 heteroatoms. The summed E-state index contributed by atoms with van der Waals surface area (Å²) in [6.45, 7) is 0.747. The van der Waals surface area contributed by atoms with Gasteiger partial charge in [-0.2, -0.15) is 4.98 Å². The van der Waals surface area contributed by atoms with Crippen LogP contribution in [-0.4, -0.2) is 58.0 Å². The molecule has 1 aromatic heterocycles. The molecule has 0 aliphatic carbocycles. The van der Waals surface area contributed by atoms with Crippen LogP contribution >= 0.6 is 11.8 Å². The standard InChI is InChI=1S/C11H16N4O4S/c1-14(2)10(19)12-4-6-15-5-3-8(16)13-11(15)20-7-9(17)18/h3,5H,4,6-7H2,1-2H3,(H,12,19)(H,17,18). The van der Waals surface area contributed by atoms with Gasteiger partial charge in [0.05, 0.1) is 5.75 Å². The van der Waals surface area contributed by atoms with Gasteiger partial charge in [0.2, 0.25) is 0 Å². The molecule has 2 amide bonds. The first-order chi connectivity index (χ1) is 9.40. The Morgan fingerprint density at radius 1 is 1.50 bits per heavy atom. The van der Waals surface area contributed by atoms with Crippen LogP contribution in [0.15, 0.2) is 22.2 Å². The molecule has 0 aliphatic heterocycles. The van der Waals surface area contributed by atoms with Crippen molar-refractivity contribution in [2.45, 2.75) is 11.7 Å². The Labute approximate surface area is 119 Å². The summed E-state index contributed by atoms with van der Waals surface area (Å²) in [7, 11) is 3.26. The second kappa shape index (κ2) is 7.53. The molecule has 1 heterocycles. The van der Waals surface area contributed by atoms with Crippen LogP contribution in [-0.2, 0) is 11.3 Å². The quantitative estimate of drug-likeness (QED) is 0.551. The van der Waals surface area contributed by atoms with Gasteiger partial charge in [-0.1, -0.05) is 11.8 Å². The van der Waals surface area contributed by atoms with Crippen molar-refractivity contribution < 1.29 is 14.7 Å². The molecule has 8 nitrogen and oxygen atoms in total. The Morgan fingerprint density at radius 3 is 2.80 bits per heavy atom. The molecule has 0 aromatic carbocycles. The molecule has 110 valence electrons. The normalized spacial score (nSPS) is 10.1. The van der Waals surface area contributed by atoms with Crippen LogP contribution in [0.3, 0.4) is 0 Å². The van der Waals surface area contributed by atoms with Crippen LogP contribution < -0.4 is 10.9 Å². The van der Waals surface area contributed by atoms with Crippen molar-refractivity contribution in [3.8, 4) is 0 Å². The van der Waals surface area contributed by atoms with Crippen LogP contribution in [0.2, 0.25) is 0 Å². The number of hydrogen-bond acceptors (Lipinski definition) is 5. The van der Waals surface area contributed by atoms with Crippen LogP contribution in [0.4, 0.5) is 4.79 Å². The van der Waals surface area contributed by atoms with E-state index in [1.165, 1.54) is 17.2 Å². The summed E-state index contributed by atoms with van der Waals surface area (Å²) in [4.78, 5) is 38.3. The Hall–Kier alpha value is -2.03. The molecule has 0 spiro atoms. The Morgan fingerprint density at radius 2 is 2.20 bits per heavy atom. The second-order valence-electron chi connectivity index (χ2n) is 4.05. The van der Waals surface area contributed by atoms with E-state index in [1.807, 2.05) is 0 Å². The highest BCUT2D eigenvalue weighted by Crippen LogP contribution is 2.12. The van der Waals surface area contributed by atoms with Crippen molar-refractivity contribution >= 4 is 23.8 Å². The number of nitrogens with one attached hydrogen (secondary N) is 1. The number of hydrogen-bond donors (Lipinski definition) is 2. The molecule has 0 atom stereocenters. The molecule has 0 unspecified atom stereocenters. The number of carbonyl (C=O) groups excluding carboxylic acids is 1. The van der Waals surface area contributed by atoms with E-state index in [9.17, 15) is 14.4 Å². The Bertz CT molecular complexity index is 543. The lowest BCUT2D eigenvalue weighted by Gasteiger charge is -2.14. The molecule has 1 aromatic rings. The van der Waals surface area contributed by atoms with Crippen molar-refractivity contribution in [3.63, 3.8) is 0 Å². The third-order valence-corrected chi connectivity index (χ3v) is 3.18. The lowest BCUT2D eigenvalue weighted by atomic mass is 10.5. The summed E-state index contributed by atoms with van der Waals surface area (Å²) < 4.78 is 1.63. The molecule has 1 rings (SSSR count). The number of rotatable bonds is 6. The number of amides is 2. The van der Waals surface area contributed by atoms with E-state index in [1.54, 1.807) is 18.7 Å². The van der Waals surface area contributed by atoms with Gasteiger partial charge in [-0.3, -0.25) is 9.59 Å². The number of carboxylic acid groups (broad SMARTS) is 1. The topological polar surface area (TPSA) is 105 Å². The SMILES string of the molecule is CN(C)C(=O)NCCn1ccc(=O)nc1SCC(=O)O. The van der Waals surface area contributed by atoms with E-state index in [0.717, 1.165) is 11.8 Å². The fourth-order valence-corrected chi connectivity index (χ4v) is 1.99. The number of carbonyl (C=O) groups is 2. The highest BCUT2D eigenvalue weighted by molar-refractivity contribution is 7.99. The van der Waals surface area contributed by atoms with Gasteiger partial charge in [0, 0.05) is 39.4 Å². The Kier molecular flexibility index (Phi) is 6.04. The number of urea groups is 1. The van der Waals surface area contributed by atoms with E-state index >= 15 is 0 Å². The smallest absolute Gasteiger partial charge is 0.316 e. The molecule has 20 heavy (non-hydrogen) atoms. The molecule has 0 bridgehead atoms. The van der Waals surface area contributed by atoms with E-state index in [4.69, 9.17) is 5.11 Å². The summed E-state index contributed by atoms with van der Waals surface area (Å²) in [6, 6.07) is 1.07. The summed E-state index contributed by atoms with van der Waals surface area (Å²) >= 11 is 0.964. The minimum atomic E-state index is -0.986. The number of aliphatic carboxylic acids is 1. The van der Waals surface area contributed by atoms with Crippen LogP contribution in [0, 0.1) is 0 Å². The zero-order valence-electron chi connectivity index (χ0n) is 11.2. The largest absolute Gasteiger partial charge is 0.481 e. The molecule has 0 fully saturated rings. The second-order valence-corrected chi connectivity index (χ2v) is 4.99. The van der Waals surface area contributed by atoms with Crippen LogP contribution in [0.1, 0.15) is 0 Å². The monoisotopic (exact) mass is 300 g/mol. The summed E-state index contributed by atoms with van der Waals surface area (Å²) in [5.74, 6) is -1.17. The lowest BCUT2D eigenvalue weighted by molar-refractivity contribution is -0.133. The van der Waals surface area contributed by atoms with Crippen molar-refractivity contribution in [1.29, 1.82) is 0 Å². The maximum absolute atomic E-state index is 11.3. The van der Waals surface area contributed by atoms with Gasteiger partial charge in [-0.15, -0.1) is 0 Å². The number of aromatic nitrogens is 2. The third kappa shape index (κ3) is 5.31. The molecule has 0 radical (unpaired) electrons. The van der Waals surface area contributed by atoms with E-state index in [2.05, 4.69) is 10.3 Å². The first-order valence-electron chi connectivity index (χ1n) is 5.77. The number of thioether (sulfide) groups is 1. The first-order valence-corrected chi connectivity index (χ1v) is 6.76. The van der Waals surface area contributed by atoms with Crippen molar-refractivity contribution in [2.24, 2.45) is 0 Å². The zero-order chi connectivity index (χ0) is 15.1. The van der Waals surface area contributed by atoms with Crippen molar-refractivity contribution in [2.75, 3.05) is 26.4 Å². The number of nitrogens with zero attached hydrogens (tertiary/aromatic N) is 3. The molecule has 0 saturated carbocycles. The fraction of sp³-hybridized carbons (Fsp3) is 0.455. The molecule has 0 saturated heterocycles. The number of carboxylic acids is 1. The minimum absolute atomic E-state index is 0.180. The molecule has 2 N–H and O–H groups in total. The molecular formula is C11H16N4O4S. The van der Waals surface area contributed by atoms with E-state index in [-0.39, 0.29) is 11.8 Å². The zero-order valence-corrected chi connectivity index (χ0v) is 12.0. The predicted octanol–water partition coefficient (Wildman–Crippen LogP) is -0.309. The summed E-state index contributed by atoms with van der Waals surface area (Å²) in [5, 5.41) is 11.6. The summed E-state index contributed by atoms with van der Waals surface area (Å²) in [6.07, 6.45) is 1.53. The maximum atomic E-state index is 11.3. The summed E-state index contributed by atoms with van der Waals surface area (Å²) in [5.41, 5.74) is -0.425. The molecule has 0 aliphatic rings. The predicted molar refractivity (Wildman–Crippen MR) is 73.9 cm³/mol. The highest BCUT2D eigenvalue weighted by atomic mass is 32.2. The average Bonchev–Trinajstić information content (AvgIpc) is 2.38. The average molecular weight is 300 g/mol.